The molecule has 106 valence electrons. The molecule has 1 aromatic carbocycles. The van der Waals surface area contributed by atoms with Crippen LogP contribution in [0.1, 0.15) is 37.7 Å². The van der Waals surface area contributed by atoms with E-state index in [9.17, 15) is 9.59 Å². The molecule has 0 saturated carbocycles. The van der Waals surface area contributed by atoms with Gasteiger partial charge in [-0.1, -0.05) is 18.2 Å². The summed E-state index contributed by atoms with van der Waals surface area (Å²) in [7, 11) is 0. The zero-order valence-electron chi connectivity index (χ0n) is 11.7. The number of ketones is 1. The Morgan fingerprint density at radius 2 is 1.95 bits per heavy atom. The van der Waals surface area contributed by atoms with Gasteiger partial charge in [0, 0.05) is 29.0 Å². The first-order chi connectivity index (χ1) is 10.2. The van der Waals surface area contributed by atoms with Crippen LogP contribution in [0, 0.1) is 0 Å². The molecule has 0 amide bonds. The smallest absolute Gasteiger partial charge is 0.342 e. The average Bonchev–Trinajstić information content (AvgIpc) is 2.46. The number of Topliss-reactive ketones (excluding diaryl/α,β-unsaturated/α-hetero) is 1. The van der Waals surface area contributed by atoms with Crippen LogP contribution in [0.5, 0.6) is 5.75 Å². The number of para-hydroxylation sites is 1. The molecule has 0 bridgehead atoms. The third kappa shape index (κ3) is 1.68. The molecule has 0 saturated heterocycles. The predicted molar refractivity (Wildman–Crippen MR) is 76.5 cm³/mol. The maximum Gasteiger partial charge on any atom is 0.342 e. The van der Waals surface area contributed by atoms with Gasteiger partial charge >= 0.3 is 5.97 Å². The Labute approximate surface area is 122 Å². The molecule has 1 N–H and O–H groups in total. The number of fused-ring (bicyclic) bond motifs is 4. The Kier molecular flexibility index (Phi) is 2.55. The number of esters is 1. The molecule has 1 aromatic rings. The number of allylic oxidation sites excluding steroid dienone is 3. The Bertz CT molecular complexity index is 742. The number of hydrogen-bond acceptors (Lipinski definition) is 4. The van der Waals surface area contributed by atoms with E-state index in [4.69, 9.17) is 4.74 Å². The zero-order valence-corrected chi connectivity index (χ0v) is 11.7. The normalized spacial score (nSPS) is 24.0. The van der Waals surface area contributed by atoms with Crippen LogP contribution in [0.15, 0.2) is 46.8 Å². The van der Waals surface area contributed by atoms with Crippen LogP contribution in [-0.4, -0.2) is 11.8 Å². The van der Waals surface area contributed by atoms with E-state index in [1.165, 1.54) is 0 Å². The first-order valence-electron chi connectivity index (χ1n) is 7.22. The van der Waals surface area contributed by atoms with Gasteiger partial charge in [-0.25, -0.2) is 4.79 Å². The molecule has 4 heteroatoms. The van der Waals surface area contributed by atoms with Crippen molar-refractivity contribution in [3.8, 4) is 5.75 Å². The first-order valence-corrected chi connectivity index (χ1v) is 7.22. The van der Waals surface area contributed by atoms with E-state index < -0.39 is 0 Å². The molecule has 2 aliphatic heterocycles. The third-order valence-electron chi connectivity index (χ3n) is 4.43. The van der Waals surface area contributed by atoms with Crippen LogP contribution in [0.25, 0.3) is 0 Å². The van der Waals surface area contributed by atoms with Crippen molar-refractivity contribution in [2.24, 2.45) is 0 Å². The van der Waals surface area contributed by atoms with Crippen LogP contribution in [0.3, 0.4) is 0 Å². The highest BCUT2D eigenvalue weighted by atomic mass is 16.5. The van der Waals surface area contributed by atoms with Crippen molar-refractivity contribution in [2.75, 3.05) is 0 Å². The van der Waals surface area contributed by atoms with Crippen molar-refractivity contribution in [2.45, 2.75) is 32.1 Å². The van der Waals surface area contributed by atoms with E-state index in [2.05, 4.69) is 5.32 Å². The van der Waals surface area contributed by atoms with Crippen LogP contribution >= 0.6 is 0 Å². The highest BCUT2D eigenvalue weighted by Crippen LogP contribution is 2.47. The standard InChI is InChI=1S/C17H15NO3/c1-9-14-15(16-11(18-9)6-4-7-12(16)19)10-5-2-3-8-13(10)21-17(14)20/h2-3,5,8,15,18H,4,6-7H2,1H3/t15-/m1/s1. The number of carbonyl (C=O) groups is 2. The van der Waals surface area contributed by atoms with Crippen LogP contribution in [-0.2, 0) is 9.59 Å². The highest BCUT2D eigenvalue weighted by molar-refractivity contribution is 6.05. The highest BCUT2D eigenvalue weighted by Gasteiger charge is 2.42. The topological polar surface area (TPSA) is 55.4 Å². The SMILES string of the molecule is CC1=C2C(=O)Oc3ccccc3[C@H]2C2=C(CCCC2=O)N1. The minimum Gasteiger partial charge on any atom is -0.423 e. The average molecular weight is 281 g/mol. The van der Waals surface area contributed by atoms with Gasteiger partial charge < -0.3 is 10.1 Å². The molecule has 1 aliphatic carbocycles. The summed E-state index contributed by atoms with van der Waals surface area (Å²) in [5.74, 6) is 0.0829. The zero-order chi connectivity index (χ0) is 14.6. The van der Waals surface area contributed by atoms with Crippen LogP contribution in [0.2, 0.25) is 0 Å². The van der Waals surface area contributed by atoms with Crippen molar-refractivity contribution >= 4 is 11.8 Å². The summed E-state index contributed by atoms with van der Waals surface area (Å²) >= 11 is 0. The summed E-state index contributed by atoms with van der Waals surface area (Å²) in [6.45, 7) is 1.88. The fraction of sp³-hybridized carbons (Fsp3) is 0.294. The molecule has 3 aliphatic rings. The lowest BCUT2D eigenvalue weighted by atomic mass is 9.74. The fourth-order valence-electron chi connectivity index (χ4n) is 3.53. The van der Waals surface area contributed by atoms with Crippen LogP contribution < -0.4 is 10.1 Å². The number of dihydropyridines is 1. The quantitative estimate of drug-likeness (QED) is 0.586. The minimum atomic E-state index is -0.353. The van der Waals surface area contributed by atoms with E-state index in [0.29, 0.717) is 17.7 Å². The number of nitrogens with one attached hydrogen (secondary N) is 1. The van der Waals surface area contributed by atoms with Gasteiger partial charge in [0.2, 0.25) is 0 Å². The van der Waals surface area contributed by atoms with Crippen molar-refractivity contribution < 1.29 is 14.3 Å². The second-order valence-corrected chi connectivity index (χ2v) is 5.69. The van der Waals surface area contributed by atoms with E-state index in [-0.39, 0.29) is 17.7 Å². The number of ether oxygens (including phenoxy) is 1. The molecular weight excluding hydrogens is 266 g/mol. The van der Waals surface area contributed by atoms with Gasteiger partial charge in [0.25, 0.3) is 0 Å². The molecule has 0 fully saturated rings. The minimum absolute atomic E-state index is 0.142. The van der Waals surface area contributed by atoms with Gasteiger partial charge in [-0.2, -0.15) is 0 Å². The molecule has 0 radical (unpaired) electrons. The van der Waals surface area contributed by atoms with Crippen molar-refractivity contribution in [3.63, 3.8) is 0 Å². The molecule has 0 unspecified atom stereocenters. The van der Waals surface area contributed by atoms with Gasteiger partial charge in [0.15, 0.2) is 5.78 Å². The van der Waals surface area contributed by atoms with Gasteiger partial charge in [-0.05, 0) is 25.8 Å². The summed E-state index contributed by atoms with van der Waals surface area (Å²) in [6.07, 6.45) is 2.28. The van der Waals surface area contributed by atoms with Gasteiger partial charge in [0.05, 0.1) is 11.5 Å². The lowest BCUT2D eigenvalue weighted by Gasteiger charge is -2.36. The molecule has 2 heterocycles. The van der Waals surface area contributed by atoms with Crippen molar-refractivity contribution in [1.82, 2.24) is 5.32 Å². The Morgan fingerprint density at radius 1 is 1.14 bits per heavy atom. The summed E-state index contributed by atoms with van der Waals surface area (Å²) in [5, 5.41) is 3.25. The molecule has 4 nitrogen and oxygen atoms in total. The lowest BCUT2D eigenvalue weighted by Crippen LogP contribution is -2.37. The maximum atomic E-state index is 12.4. The molecular formula is C17H15NO3. The largest absolute Gasteiger partial charge is 0.423 e. The van der Waals surface area contributed by atoms with Gasteiger partial charge in [-0.15, -0.1) is 0 Å². The van der Waals surface area contributed by atoms with E-state index in [1.807, 2.05) is 25.1 Å². The Balaban J connectivity index is 1.98. The monoisotopic (exact) mass is 281 g/mol. The van der Waals surface area contributed by atoms with Crippen molar-refractivity contribution in [3.05, 3.63) is 52.4 Å². The molecule has 21 heavy (non-hydrogen) atoms. The lowest BCUT2D eigenvalue weighted by molar-refractivity contribution is -0.131. The van der Waals surface area contributed by atoms with Gasteiger partial charge in [0.1, 0.15) is 5.75 Å². The van der Waals surface area contributed by atoms with Crippen molar-refractivity contribution in [1.29, 1.82) is 0 Å². The summed E-state index contributed by atoms with van der Waals surface area (Å²) < 4.78 is 5.42. The first kappa shape index (κ1) is 12.4. The third-order valence-corrected chi connectivity index (χ3v) is 4.43. The van der Waals surface area contributed by atoms with E-state index in [0.717, 1.165) is 35.4 Å². The molecule has 0 aromatic heterocycles. The maximum absolute atomic E-state index is 12.4. The Hall–Kier alpha value is -2.36. The molecule has 1 atom stereocenters. The van der Waals surface area contributed by atoms with Gasteiger partial charge in [-0.3, -0.25) is 4.79 Å². The summed E-state index contributed by atoms with van der Waals surface area (Å²) in [6, 6.07) is 7.49. The second kappa shape index (κ2) is 4.32. The number of carbonyl (C=O) groups excluding carboxylic acids is 2. The second-order valence-electron chi connectivity index (χ2n) is 5.69. The molecule has 0 spiro atoms. The number of rotatable bonds is 0. The summed E-state index contributed by atoms with van der Waals surface area (Å²) in [5.41, 5.74) is 4.01. The number of benzene rings is 1. The molecule has 4 rings (SSSR count). The number of hydrogen-bond donors (Lipinski definition) is 1. The van der Waals surface area contributed by atoms with Crippen LogP contribution in [0.4, 0.5) is 0 Å². The fourth-order valence-corrected chi connectivity index (χ4v) is 3.53. The Morgan fingerprint density at radius 3 is 2.81 bits per heavy atom. The predicted octanol–water partition coefficient (Wildman–Crippen LogP) is 2.57. The summed E-state index contributed by atoms with van der Waals surface area (Å²) in [4.78, 5) is 24.8. The van der Waals surface area contributed by atoms with E-state index >= 15 is 0 Å². The van der Waals surface area contributed by atoms with E-state index in [1.54, 1.807) is 6.07 Å².